The third-order valence-corrected chi connectivity index (χ3v) is 2.06. The molecule has 0 saturated carbocycles. The fourth-order valence-corrected chi connectivity index (χ4v) is 1.31. The summed E-state index contributed by atoms with van der Waals surface area (Å²) in [5.74, 6) is -0.933. The molecule has 1 aromatic rings. The molecule has 0 aliphatic rings. The van der Waals surface area contributed by atoms with Gasteiger partial charge in [-0.25, -0.2) is 9.78 Å². The number of aromatic nitrogens is 1. The quantitative estimate of drug-likeness (QED) is 0.683. The highest BCUT2D eigenvalue weighted by Crippen LogP contribution is 2.13. The van der Waals surface area contributed by atoms with E-state index in [9.17, 15) is 4.79 Å². The first-order valence-electron chi connectivity index (χ1n) is 3.01. The van der Waals surface area contributed by atoms with Crippen molar-refractivity contribution in [2.75, 3.05) is 0 Å². The lowest BCUT2D eigenvalue weighted by Crippen LogP contribution is -1.85. The molecule has 1 N–H and O–H groups in total. The van der Waals surface area contributed by atoms with Gasteiger partial charge in [0.2, 0.25) is 0 Å². The number of hydrogen-bond acceptors (Lipinski definition) is 3. The molecule has 0 saturated heterocycles. The van der Waals surface area contributed by atoms with Crippen LogP contribution in [0.4, 0.5) is 0 Å². The second-order valence-corrected chi connectivity index (χ2v) is 2.86. The molecule has 0 spiro atoms. The molecule has 0 aliphatic heterocycles. The van der Waals surface area contributed by atoms with Crippen LogP contribution in [0.15, 0.2) is 11.6 Å². The van der Waals surface area contributed by atoms with Gasteiger partial charge >= 0.3 is 5.97 Å². The summed E-state index contributed by atoms with van der Waals surface area (Å²) in [4.78, 5) is 15.0. The van der Waals surface area contributed by atoms with E-state index >= 15 is 0 Å². The van der Waals surface area contributed by atoms with Crippen LogP contribution < -0.4 is 0 Å². The second-order valence-electron chi connectivity index (χ2n) is 1.97. The molecule has 0 amide bonds. The van der Waals surface area contributed by atoms with E-state index in [1.807, 2.05) is 6.92 Å². The standard InChI is InChI=1S/C7H7NO2S/c1-5-6(11-4-8-5)2-3-7(9)10/h2-4H,1H3,(H,9,10)/b3-2+. The number of aliphatic carboxylic acids is 1. The van der Waals surface area contributed by atoms with Crippen molar-refractivity contribution < 1.29 is 9.90 Å². The molecule has 58 valence electrons. The summed E-state index contributed by atoms with van der Waals surface area (Å²) in [6.45, 7) is 1.85. The summed E-state index contributed by atoms with van der Waals surface area (Å²) in [6.07, 6.45) is 2.66. The first kappa shape index (κ1) is 7.94. The van der Waals surface area contributed by atoms with E-state index < -0.39 is 5.97 Å². The molecule has 0 radical (unpaired) electrons. The first-order chi connectivity index (χ1) is 5.20. The highest BCUT2D eigenvalue weighted by Gasteiger charge is 1.95. The largest absolute Gasteiger partial charge is 0.478 e. The molecule has 1 heterocycles. The summed E-state index contributed by atoms with van der Waals surface area (Å²) in [6, 6.07) is 0. The number of carboxylic acids is 1. The van der Waals surface area contributed by atoms with Crippen LogP contribution in [-0.2, 0) is 4.79 Å². The van der Waals surface area contributed by atoms with Gasteiger partial charge in [0.15, 0.2) is 0 Å². The number of hydrogen-bond donors (Lipinski definition) is 1. The molecule has 1 rings (SSSR count). The van der Waals surface area contributed by atoms with Gasteiger partial charge < -0.3 is 5.11 Å². The molecule has 1 aromatic heterocycles. The maximum Gasteiger partial charge on any atom is 0.328 e. The van der Waals surface area contributed by atoms with E-state index in [4.69, 9.17) is 5.11 Å². The van der Waals surface area contributed by atoms with Gasteiger partial charge in [0, 0.05) is 6.08 Å². The van der Waals surface area contributed by atoms with Gasteiger partial charge in [0.1, 0.15) is 0 Å². The highest BCUT2D eigenvalue weighted by molar-refractivity contribution is 7.10. The average molecular weight is 169 g/mol. The number of rotatable bonds is 2. The van der Waals surface area contributed by atoms with Gasteiger partial charge in [-0.2, -0.15) is 0 Å². The van der Waals surface area contributed by atoms with Crippen molar-refractivity contribution in [2.45, 2.75) is 6.92 Å². The van der Waals surface area contributed by atoms with Crippen molar-refractivity contribution in [3.05, 3.63) is 22.2 Å². The third kappa shape index (κ3) is 2.16. The fourth-order valence-electron chi connectivity index (χ4n) is 0.618. The van der Waals surface area contributed by atoms with Crippen LogP contribution in [0.5, 0.6) is 0 Å². The molecule has 11 heavy (non-hydrogen) atoms. The molecule has 4 heteroatoms. The minimum absolute atomic E-state index is 0.868. The number of carbonyl (C=O) groups is 1. The smallest absolute Gasteiger partial charge is 0.328 e. The lowest BCUT2D eigenvalue weighted by atomic mass is 10.3. The van der Waals surface area contributed by atoms with Crippen LogP contribution in [-0.4, -0.2) is 16.1 Å². The van der Waals surface area contributed by atoms with Crippen LogP contribution in [0, 0.1) is 6.92 Å². The number of aryl methyl sites for hydroxylation is 1. The van der Waals surface area contributed by atoms with Crippen LogP contribution in [0.2, 0.25) is 0 Å². The Kier molecular flexibility index (Phi) is 2.38. The van der Waals surface area contributed by atoms with Gasteiger partial charge in [-0.3, -0.25) is 0 Å². The van der Waals surface area contributed by atoms with Gasteiger partial charge in [-0.05, 0) is 13.0 Å². The molecule has 0 atom stereocenters. The van der Waals surface area contributed by atoms with Gasteiger partial charge in [-0.15, -0.1) is 11.3 Å². The first-order valence-corrected chi connectivity index (χ1v) is 3.89. The minimum atomic E-state index is -0.933. The van der Waals surface area contributed by atoms with Crippen LogP contribution >= 0.6 is 11.3 Å². The molecule has 0 aromatic carbocycles. The Morgan fingerprint density at radius 1 is 1.82 bits per heavy atom. The van der Waals surface area contributed by atoms with E-state index in [2.05, 4.69) is 4.98 Å². The van der Waals surface area contributed by atoms with E-state index in [1.165, 1.54) is 11.3 Å². The summed E-state index contributed by atoms with van der Waals surface area (Å²) < 4.78 is 0. The summed E-state index contributed by atoms with van der Waals surface area (Å²) in [5.41, 5.74) is 2.56. The number of thiazole rings is 1. The molecule has 3 nitrogen and oxygen atoms in total. The summed E-state index contributed by atoms with van der Waals surface area (Å²) in [5, 5.41) is 8.30. The Bertz CT molecular complexity index is 290. The molecule has 0 unspecified atom stereocenters. The van der Waals surface area contributed by atoms with Crippen molar-refractivity contribution in [3.8, 4) is 0 Å². The zero-order valence-corrected chi connectivity index (χ0v) is 6.76. The Hall–Kier alpha value is -1.16. The van der Waals surface area contributed by atoms with Crippen molar-refractivity contribution in [3.63, 3.8) is 0 Å². The summed E-state index contributed by atoms with van der Waals surface area (Å²) >= 11 is 1.43. The Balaban J connectivity index is 2.79. The van der Waals surface area contributed by atoms with Crippen molar-refractivity contribution in [2.24, 2.45) is 0 Å². The third-order valence-electron chi connectivity index (χ3n) is 1.16. The van der Waals surface area contributed by atoms with Crippen LogP contribution in [0.1, 0.15) is 10.6 Å². The molecule has 0 aliphatic carbocycles. The maximum absolute atomic E-state index is 10.1. The van der Waals surface area contributed by atoms with Crippen LogP contribution in [0.25, 0.3) is 6.08 Å². The average Bonchev–Trinajstić information content (AvgIpc) is 2.31. The molecule has 0 fully saturated rings. The Morgan fingerprint density at radius 3 is 3.00 bits per heavy atom. The normalized spacial score (nSPS) is 10.6. The number of nitrogens with zero attached hydrogens (tertiary/aromatic N) is 1. The zero-order valence-electron chi connectivity index (χ0n) is 5.94. The lowest BCUT2D eigenvalue weighted by Gasteiger charge is -1.84. The summed E-state index contributed by atoms with van der Waals surface area (Å²) in [7, 11) is 0. The Morgan fingerprint density at radius 2 is 2.55 bits per heavy atom. The topological polar surface area (TPSA) is 50.2 Å². The highest BCUT2D eigenvalue weighted by atomic mass is 32.1. The second kappa shape index (κ2) is 3.30. The van der Waals surface area contributed by atoms with E-state index in [-0.39, 0.29) is 0 Å². The van der Waals surface area contributed by atoms with E-state index in [0.29, 0.717) is 0 Å². The minimum Gasteiger partial charge on any atom is -0.478 e. The zero-order chi connectivity index (χ0) is 8.27. The maximum atomic E-state index is 10.1. The lowest BCUT2D eigenvalue weighted by molar-refractivity contribution is -0.131. The predicted molar refractivity (Wildman–Crippen MR) is 43.5 cm³/mol. The Labute approximate surface area is 68.0 Å². The van der Waals surface area contributed by atoms with Crippen molar-refractivity contribution in [1.82, 2.24) is 4.98 Å². The van der Waals surface area contributed by atoms with E-state index in [1.54, 1.807) is 11.6 Å². The number of carboxylic acid groups (broad SMARTS) is 1. The van der Waals surface area contributed by atoms with Gasteiger partial charge in [0.25, 0.3) is 0 Å². The van der Waals surface area contributed by atoms with Gasteiger partial charge in [-0.1, -0.05) is 0 Å². The van der Waals surface area contributed by atoms with E-state index in [0.717, 1.165) is 16.6 Å². The molecular weight excluding hydrogens is 162 g/mol. The predicted octanol–water partition coefficient (Wildman–Crippen LogP) is 1.55. The monoisotopic (exact) mass is 169 g/mol. The molecular formula is C7H7NO2S. The van der Waals surface area contributed by atoms with Gasteiger partial charge in [0.05, 0.1) is 16.1 Å². The van der Waals surface area contributed by atoms with Crippen molar-refractivity contribution >= 4 is 23.4 Å². The molecule has 0 bridgehead atoms. The van der Waals surface area contributed by atoms with Crippen molar-refractivity contribution in [1.29, 1.82) is 0 Å². The fraction of sp³-hybridized carbons (Fsp3) is 0.143. The SMILES string of the molecule is Cc1ncsc1/C=C/C(=O)O. The van der Waals surface area contributed by atoms with Crippen LogP contribution in [0.3, 0.4) is 0 Å².